The maximum atomic E-state index is 12.4. The van der Waals surface area contributed by atoms with E-state index in [9.17, 15) is 4.79 Å². The van der Waals surface area contributed by atoms with Crippen LogP contribution in [-0.4, -0.2) is 31.4 Å². The van der Waals surface area contributed by atoms with Crippen LogP contribution in [0.1, 0.15) is 31.2 Å². The lowest BCUT2D eigenvalue weighted by Crippen LogP contribution is -2.14. The zero-order chi connectivity index (χ0) is 21.8. The number of nitrogens with zero attached hydrogens (tertiary/aromatic N) is 4. The molecule has 0 fully saturated rings. The maximum absolute atomic E-state index is 12.4. The Morgan fingerprint density at radius 2 is 1.84 bits per heavy atom. The summed E-state index contributed by atoms with van der Waals surface area (Å²) in [6.45, 7) is 5.96. The summed E-state index contributed by atoms with van der Waals surface area (Å²) in [5.74, 6) is 0.524. The van der Waals surface area contributed by atoms with E-state index in [0.29, 0.717) is 5.89 Å². The van der Waals surface area contributed by atoms with Crippen molar-refractivity contribution >= 4 is 23.7 Å². The van der Waals surface area contributed by atoms with Gasteiger partial charge in [0.25, 0.3) is 0 Å². The van der Waals surface area contributed by atoms with Crippen molar-refractivity contribution in [2.24, 2.45) is 0 Å². The number of para-hydroxylation sites is 1. The number of hydrogen-bond donors (Lipinski definition) is 1. The Kier molecular flexibility index (Phi) is 6.18. The normalized spacial score (nSPS) is 11.1. The Morgan fingerprint density at radius 1 is 1.10 bits per heavy atom. The number of amides is 1. The van der Waals surface area contributed by atoms with Gasteiger partial charge in [0.1, 0.15) is 0 Å². The molecule has 31 heavy (non-hydrogen) atoms. The van der Waals surface area contributed by atoms with Crippen molar-refractivity contribution < 1.29 is 9.21 Å². The third-order valence-corrected chi connectivity index (χ3v) is 5.56. The fourth-order valence-corrected chi connectivity index (χ4v) is 3.79. The number of imidazole rings is 1. The topological polar surface area (TPSA) is 85.8 Å². The van der Waals surface area contributed by atoms with Crippen molar-refractivity contribution in [2.75, 3.05) is 11.1 Å². The molecule has 1 amide bonds. The van der Waals surface area contributed by atoms with Crippen LogP contribution in [-0.2, 0) is 4.79 Å². The van der Waals surface area contributed by atoms with Crippen molar-refractivity contribution in [3.8, 4) is 16.9 Å². The van der Waals surface area contributed by atoms with E-state index in [0.717, 1.165) is 22.1 Å². The number of thioether (sulfide) groups is 1. The molecule has 0 atom stereocenters. The Hall–Kier alpha value is -3.39. The maximum Gasteiger partial charge on any atom is 0.322 e. The number of nitrogens with one attached hydrogen (secondary N) is 1. The molecule has 1 N–H and O–H groups in total. The predicted molar refractivity (Wildman–Crippen MR) is 121 cm³/mol. The first-order valence-corrected chi connectivity index (χ1v) is 11.0. The first-order chi connectivity index (χ1) is 15.0. The van der Waals surface area contributed by atoms with Gasteiger partial charge in [0.2, 0.25) is 11.8 Å². The zero-order valence-corrected chi connectivity index (χ0v) is 18.4. The van der Waals surface area contributed by atoms with Crippen LogP contribution in [0, 0.1) is 6.92 Å². The molecule has 7 nitrogen and oxygen atoms in total. The van der Waals surface area contributed by atoms with E-state index in [1.54, 1.807) is 0 Å². The molecule has 0 radical (unpaired) electrons. The summed E-state index contributed by atoms with van der Waals surface area (Å²) in [5, 5.41) is 11.2. The highest BCUT2D eigenvalue weighted by Crippen LogP contribution is 2.30. The number of carbonyl (C=O) groups is 1. The van der Waals surface area contributed by atoms with Crippen LogP contribution in [0.25, 0.3) is 16.9 Å². The molecular weight excluding hydrogens is 410 g/mol. The zero-order valence-electron chi connectivity index (χ0n) is 17.6. The highest BCUT2D eigenvalue weighted by atomic mass is 32.2. The number of aryl methyl sites for hydroxylation is 1. The quantitative estimate of drug-likeness (QED) is 0.409. The lowest BCUT2D eigenvalue weighted by Gasteiger charge is -2.12. The third-order valence-electron chi connectivity index (χ3n) is 4.60. The van der Waals surface area contributed by atoms with Crippen LogP contribution in [0.3, 0.4) is 0 Å². The third kappa shape index (κ3) is 4.86. The molecule has 0 spiro atoms. The molecule has 2 aromatic carbocycles. The first kappa shape index (κ1) is 20.9. The minimum atomic E-state index is -0.233. The summed E-state index contributed by atoms with van der Waals surface area (Å²) in [5.41, 5.74) is 4.21. The summed E-state index contributed by atoms with van der Waals surface area (Å²) >= 11 is 1.35. The number of benzene rings is 2. The number of anilines is 1. The van der Waals surface area contributed by atoms with Gasteiger partial charge in [-0.25, -0.2) is 4.98 Å². The van der Waals surface area contributed by atoms with Crippen molar-refractivity contribution in [3.05, 3.63) is 72.2 Å². The monoisotopic (exact) mass is 433 g/mol. The Balaban J connectivity index is 1.55. The van der Waals surface area contributed by atoms with Crippen molar-refractivity contribution in [2.45, 2.75) is 31.8 Å². The second-order valence-electron chi connectivity index (χ2n) is 7.40. The molecular formula is C23H23N5O2S. The van der Waals surface area contributed by atoms with Crippen LogP contribution < -0.4 is 5.32 Å². The number of rotatable bonds is 7. The van der Waals surface area contributed by atoms with Gasteiger partial charge in [0.15, 0.2) is 5.16 Å². The molecule has 0 unspecified atom stereocenters. The van der Waals surface area contributed by atoms with Gasteiger partial charge in [-0.05, 0) is 19.1 Å². The molecule has 0 aliphatic rings. The molecule has 0 saturated heterocycles. The van der Waals surface area contributed by atoms with E-state index in [4.69, 9.17) is 4.42 Å². The standard InChI is InChI=1S/C23H23N5O2S/c1-15(2)21-26-27-22(30-21)25-20(29)14-31-23-24-13-19(17-11-9-16(3)10-12-17)28(23)18-7-5-4-6-8-18/h4-13,15H,14H2,1-3H3,(H,25,27,29). The SMILES string of the molecule is Cc1ccc(-c2cnc(SCC(=O)Nc3nnc(C(C)C)o3)n2-c2ccccc2)cc1. The number of carbonyl (C=O) groups excluding carboxylic acids is 1. The predicted octanol–water partition coefficient (Wildman–Crippen LogP) is 5.08. The van der Waals surface area contributed by atoms with E-state index >= 15 is 0 Å². The molecule has 0 saturated carbocycles. The fraction of sp³-hybridized carbons (Fsp3) is 0.217. The summed E-state index contributed by atoms with van der Waals surface area (Å²) in [6.07, 6.45) is 1.84. The lowest BCUT2D eigenvalue weighted by molar-refractivity contribution is -0.113. The summed E-state index contributed by atoms with van der Waals surface area (Å²) < 4.78 is 7.51. The van der Waals surface area contributed by atoms with Crippen LogP contribution in [0.15, 0.2) is 70.4 Å². The molecule has 4 rings (SSSR count). The summed E-state index contributed by atoms with van der Waals surface area (Å²) in [7, 11) is 0. The summed E-state index contributed by atoms with van der Waals surface area (Å²) in [6, 6.07) is 18.4. The highest BCUT2D eigenvalue weighted by molar-refractivity contribution is 7.99. The molecule has 4 aromatic rings. The van der Waals surface area contributed by atoms with E-state index < -0.39 is 0 Å². The van der Waals surface area contributed by atoms with E-state index in [1.165, 1.54) is 17.3 Å². The molecule has 2 aromatic heterocycles. The lowest BCUT2D eigenvalue weighted by atomic mass is 10.1. The van der Waals surface area contributed by atoms with Gasteiger partial charge in [-0.2, -0.15) is 0 Å². The van der Waals surface area contributed by atoms with Crippen molar-refractivity contribution in [1.82, 2.24) is 19.7 Å². The Morgan fingerprint density at radius 3 is 2.52 bits per heavy atom. The van der Waals surface area contributed by atoms with E-state index in [-0.39, 0.29) is 23.6 Å². The van der Waals surface area contributed by atoms with E-state index in [2.05, 4.69) is 56.3 Å². The van der Waals surface area contributed by atoms with Crippen LogP contribution in [0.5, 0.6) is 0 Å². The van der Waals surface area contributed by atoms with E-state index in [1.807, 2.05) is 50.4 Å². The van der Waals surface area contributed by atoms with Crippen LogP contribution in [0.4, 0.5) is 6.01 Å². The molecule has 8 heteroatoms. The largest absolute Gasteiger partial charge is 0.408 e. The van der Waals surface area contributed by atoms with Gasteiger partial charge in [0, 0.05) is 17.2 Å². The molecule has 2 heterocycles. The average Bonchev–Trinajstić information content (AvgIpc) is 3.41. The molecule has 0 aliphatic heterocycles. The second kappa shape index (κ2) is 9.18. The van der Waals surface area contributed by atoms with Gasteiger partial charge < -0.3 is 4.42 Å². The minimum absolute atomic E-state index is 0.103. The van der Waals surface area contributed by atoms with Crippen LogP contribution >= 0.6 is 11.8 Å². The minimum Gasteiger partial charge on any atom is -0.408 e. The van der Waals surface area contributed by atoms with Crippen LogP contribution in [0.2, 0.25) is 0 Å². The Labute approximate surface area is 184 Å². The van der Waals surface area contributed by atoms with Gasteiger partial charge in [-0.15, -0.1) is 5.10 Å². The van der Waals surface area contributed by atoms with Gasteiger partial charge in [-0.1, -0.05) is 78.7 Å². The average molecular weight is 434 g/mol. The van der Waals surface area contributed by atoms with Gasteiger partial charge in [-0.3, -0.25) is 14.7 Å². The smallest absolute Gasteiger partial charge is 0.322 e. The highest BCUT2D eigenvalue weighted by Gasteiger charge is 2.17. The number of hydrogen-bond acceptors (Lipinski definition) is 6. The van der Waals surface area contributed by atoms with Gasteiger partial charge in [0.05, 0.1) is 17.6 Å². The fourth-order valence-electron chi connectivity index (χ4n) is 3.00. The molecule has 158 valence electrons. The number of aromatic nitrogens is 4. The molecule has 0 bridgehead atoms. The summed E-state index contributed by atoms with van der Waals surface area (Å²) in [4.78, 5) is 17.0. The second-order valence-corrected chi connectivity index (χ2v) is 8.34. The van der Waals surface area contributed by atoms with Crippen molar-refractivity contribution in [1.29, 1.82) is 0 Å². The molecule has 0 aliphatic carbocycles. The van der Waals surface area contributed by atoms with Crippen molar-refractivity contribution in [3.63, 3.8) is 0 Å². The Bertz CT molecular complexity index is 1170. The first-order valence-electron chi connectivity index (χ1n) is 9.97. The van der Waals surface area contributed by atoms with Gasteiger partial charge >= 0.3 is 6.01 Å².